The first-order chi connectivity index (χ1) is 13.6. The third-order valence-corrected chi connectivity index (χ3v) is 4.51. The molecule has 4 aromatic rings. The Kier molecular flexibility index (Phi) is 4.94. The number of ether oxygens (including phenoxy) is 1. The van der Waals surface area contributed by atoms with Crippen LogP contribution in [0, 0.1) is 18.6 Å². The molecule has 1 N–H and O–H groups in total. The molecule has 0 fully saturated rings. The normalized spacial score (nSPS) is 11.4. The zero-order valence-electron chi connectivity index (χ0n) is 15.5. The van der Waals surface area contributed by atoms with Crippen LogP contribution in [0.25, 0.3) is 11.0 Å². The fraction of sp³-hybridized carbons (Fsp3) is 0.150. The van der Waals surface area contributed by atoms with Crippen molar-refractivity contribution in [1.82, 2.24) is 24.8 Å². The van der Waals surface area contributed by atoms with Crippen molar-refractivity contribution in [2.24, 2.45) is 5.10 Å². The van der Waals surface area contributed by atoms with Gasteiger partial charge in [-0.05, 0) is 49.3 Å². The standard InChI is InChI=1S/C20H18N6OS/c1-13-6-5-7-14(2)19(13)27-12-18-24-25-20(28)26(18)22-11-15-10-21-16-8-3-4-9-17(16)23-15/h3-11H,12H2,1-2H3,(H,25,28)/b22-11-. The Hall–Kier alpha value is -3.39. The van der Waals surface area contributed by atoms with Gasteiger partial charge in [-0.25, -0.2) is 10.1 Å². The smallest absolute Gasteiger partial charge is 0.216 e. The van der Waals surface area contributed by atoms with Crippen LogP contribution in [0.3, 0.4) is 0 Å². The van der Waals surface area contributed by atoms with Crippen molar-refractivity contribution in [2.45, 2.75) is 20.5 Å². The Morgan fingerprint density at radius 2 is 1.86 bits per heavy atom. The lowest BCUT2D eigenvalue weighted by atomic mass is 10.1. The first-order valence-corrected chi connectivity index (χ1v) is 9.14. The molecule has 8 heteroatoms. The molecule has 140 valence electrons. The molecule has 28 heavy (non-hydrogen) atoms. The Bertz CT molecular complexity index is 1210. The van der Waals surface area contributed by atoms with E-state index in [1.807, 2.05) is 56.3 Å². The van der Waals surface area contributed by atoms with Gasteiger partial charge in [-0.1, -0.05) is 30.3 Å². The Morgan fingerprint density at radius 3 is 2.64 bits per heavy atom. The van der Waals surface area contributed by atoms with Gasteiger partial charge in [0.1, 0.15) is 18.1 Å². The molecule has 0 radical (unpaired) electrons. The third-order valence-electron chi connectivity index (χ3n) is 4.24. The minimum Gasteiger partial charge on any atom is -0.485 e. The molecule has 2 aromatic heterocycles. The predicted molar refractivity (Wildman–Crippen MR) is 110 cm³/mol. The van der Waals surface area contributed by atoms with E-state index in [0.717, 1.165) is 27.9 Å². The molecular formula is C20H18N6OS. The maximum absolute atomic E-state index is 5.97. The third kappa shape index (κ3) is 3.67. The van der Waals surface area contributed by atoms with Crippen LogP contribution in [-0.4, -0.2) is 31.1 Å². The largest absolute Gasteiger partial charge is 0.485 e. The number of benzene rings is 2. The number of rotatable bonds is 5. The second-order valence-electron chi connectivity index (χ2n) is 6.29. The fourth-order valence-electron chi connectivity index (χ4n) is 2.85. The first kappa shape index (κ1) is 18.0. The van der Waals surface area contributed by atoms with Gasteiger partial charge in [-0.3, -0.25) is 4.98 Å². The molecule has 0 atom stereocenters. The van der Waals surface area contributed by atoms with Crippen molar-refractivity contribution < 1.29 is 4.74 Å². The molecule has 0 spiro atoms. The van der Waals surface area contributed by atoms with Crippen molar-refractivity contribution in [3.63, 3.8) is 0 Å². The van der Waals surface area contributed by atoms with Gasteiger partial charge < -0.3 is 4.74 Å². The summed E-state index contributed by atoms with van der Waals surface area (Å²) in [5, 5.41) is 11.4. The SMILES string of the molecule is Cc1cccc(C)c1OCc1n[nH]c(=S)n1/N=C\c1cnc2ccccc2n1. The molecular weight excluding hydrogens is 372 g/mol. The lowest BCUT2D eigenvalue weighted by molar-refractivity contribution is 0.287. The van der Waals surface area contributed by atoms with Gasteiger partial charge >= 0.3 is 0 Å². The van der Waals surface area contributed by atoms with Crippen LogP contribution in [-0.2, 0) is 6.61 Å². The fourth-order valence-corrected chi connectivity index (χ4v) is 3.05. The van der Waals surface area contributed by atoms with E-state index in [1.165, 1.54) is 4.68 Å². The van der Waals surface area contributed by atoms with E-state index in [4.69, 9.17) is 17.0 Å². The molecule has 2 aromatic carbocycles. The number of hydrogen-bond donors (Lipinski definition) is 1. The zero-order chi connectivity index (χ0) is 19.5. The number of fused-ring (bicyclic) bond motifs is 1. The summed E-state index contributed by atoms with van der Waals surface area (Å²) in [5.41, 5.74) is 4.40. The highest BCUT2D eigenvalue weighted by atomic mass is 32.1. The molecule has 4 rings (SSSR count). The van der Waals surface area contributed by atoms with Crippen LogP contribution in [0.5, 0.6) is 5.75 Å². The summed E-state index contributed by atoms with van der Waals surface area (Å²) in [6, 6.07) is 13.7. The number of aromatic nitrogens is 5. The van der Waals surface area contributed by atoms with E-state index in [2.05, 4.69) is 25.3 Å². The van der Waals surface area contributed by atoms with Gasteiger partial charge in [-0.15, -0.1) is 0 Å². The molecule has 0 aliphatic carbocycles. The number of aromatic amines is 1. The molecule has 0 saturated heterocycles. The molecule has 0 aliphatic rings. The molecule has 7 nitrogen and oxygen atoms in total. The summed E-state index contributed by atoms with van der Waals surface area (Å²) < 4.78 is 7.87. The first-order valence-electron chi connectivity index (χ1n) is 8.73. The van der Waals surface area contributed by atoms with Crippen molar-refractivity contribution in [2.75, 3.05) is 0 Å². The van der Waals surface area contributed by atoms with Crippen LogP contribution in [0.2, 0.25) is 0 Å². The highest BCUT2D eigenvalue weighted by molar-refractivity contribution is 7.71. The average Bonchev–Trinajstić information content (AvgIpc) is 3.05. The lowest BCUT2D eigenvalue weighted by Gasteiger charge is -2.11. The summed E-state index contributed by atoms with van der Waals surface area (Å²) in [7, 11) is 0. The minimum absolute atomic E-state index is 0.236. The van der Waals surface area contributed by atoms with Gasteiger partial charge in [-0.2, -0.15) is 14.9 Å². The van der Waals surface area contributed by atoms with Crippen molar-refractivity contribution in [3.8, 4) is 5.75 Å². The number of aryl methyl sites for hydroxylation is 2. The molecule has 0 unspecified atom stereocenters. The summed E-state index contributed by atoms with van der Waals surface area (Å²) in [6.07, 6.45) is 3.27. The molecule has 0 saturated carbocycles. The van der Waals surface area contributed by atoms with E-state index < -0.39 is 0 Å². The summed E-state index contributed by atoms with van der Waals surface area (Å²) >= 11 is 5.29. The number of hydrogen-bond acceptors (Lipinski definition) is 6. The van der Waals surface area contributed by atoms with E-state index in [0.29, 0.717) is 16.3 Å². The number of H-pyrrole nitrogens is 1. The molecule has 0 aliphatic heterocycles. The monoisotopic (exact) mass is 390 g/mol. The average molecular weight is 390 g/mol. The minimum atomic E-state index is 0.236. The van der Waals surface area contributed by atoms with Crippen molar-refractivity contribution >= 4 is 29.5 Å². The summed E-state index contributed by atoms with van der Waals surface area (Å²) in [4.78, 5) is 8.91. The second kappa shape index (κ2) is 7.69. The van der Waals surface area contributed by atoms with Gasteiger partial charge in [0.05, 0.1) is 23.4 Å². The number of nitrogens with zero attached hydrogens (tertiary/aromatic N) is 5. The highest BCUT2D eigenvalue weighted by Crippen LogP contribution is 2.23. The Balaban J connectivity index is 1.57. The summed E-state index contributed by atoms with van der Waals surface area (Å²) in [5.74, 6) is 1.41. The maximum Gasteiger partial charge on any atom is 0.216 e. The second-order valence-corrected chi connectivity index (χ2v) is 6.68. The van der Waals surface area contributed by atoms with E-state index in [-0.39, 0.29) is 6.61 Å². The van der Waals surface area contributed by atoms with Crippen LogP contribution in [0.4, 0.5) is 0 Å². The van der Waals surface area contributed by atoms with Gasteiger partial charge in [0, 0.05) is 0 Å². The van der Waals surface area contributed by atoms with Crippen molar-refractivity contribution in [3.05, 3.63) is 76.1 Å². The van der Waals surface area contributed by atoms with E-state index in [9.17, 15) is 0 Å². The Morgan fingerprint density at radius 1 is 1.11 bits per heavy atom. The molecule has 0 bridgehead atoms. The quantitative estimate of drug-likeness (QED) is 0.412. The number of nitrogens with one attached hydrogen (secondary N) is 1. The molecule has 2 heterocycles. The van der Waals surface area contributed by atoms with E-state index in [1.54, 1.807) is 12.4 Å². The number of para-hydroxylation sites is 3. The van der Waals surface area contributed by atoms with Gasteiger partial charge in [0.2, 0.25) is 4.77 Å². The van der Waals surface area contributed by atoms with Crippen LogP contribution < -0.4 is 4.74 Å². The summed E-state index contributed by atoms with van der Waals surface area (Å²) in [6.45, 7) is 4.26. The van der Waals surface area contributed by atoms with Crippen LogP contribution >= 0.6 is 12.2 Å². The van der Waals surface area contributed by atoms with Crippen molar-refractivity contribution in [1.29, 1.82) is 0 Å². The lowest BCUT2D eigenvalue weighted by Crippen LogP contribution is -2.06. The van der Waals surface area contributed by atoms with Gasteiger partial charge in [0.25, 0.3) is 0 Å². The topological polar surface area (TPSA) is 81.0 Å². The maximum atomic E-state index is 5.97. The van der Waals surface area contributed by atoms with Crippen LogP contribution in [0.1, 0.15) is 22.6 Å². The van der Waals surface area contributed by atoms with E-state index >= 15 is 0 Å². The van der Waals surface area contributed by atoms with Gasteiger partial charge in [0.15, 0.2) is 5.82 Å². The Labute approximate surface area is 166 Å². The zero-order valence-corrected chi connectivity index (χ0v) is 16.3. The predicted octanol–water partition coefficient (Wildman–Crippen LogP) is 3.96. The van der Waals surface area contributed by atoms with Crippen LogP contribution in [0.15, 0.2) is 53.8 Å². The molecule has 0 amide bonds. The highest BCUT2D eigenvalue weighted by Gasteiger charge is 2.09.